The molecule has 0 saturated heterocycles. The zero-order valence-electron chi connectivity index (χ0n) is 17.1. The normalized spacial score (nSPS) is 48.3. The third-order valence-electron chi connectivity index (χ3n) is 9.63. The minimum atomic E-state index is -2.98. The summed E-state index contributed by atoms with van der Waals surface area (Å²) in [5.41, 5.74) is 1.62. The number of aliphatic hydroxyl groups is 2. The van der Waals surface area contributed by atoms with Gasteiger partial charge in [0.1, 0.15) is 6.61 Å². The van der Waals surface area contributed by atoms with Crippen LogP contribution in [0.2, 0.25) is 0 Å². The van der Waals surface area contributed by atoms with E-state index in [9.17, 15) is 19.0 Å². The first-order valence-electron chi connectivity index (χ1n) is 11.0. The third-order valence-corrected chi connectivity index (χ3v) is 9.63. The van der Waals surface area contributed by atoms with E-state index in [4.69, 9.17) is 0 Å². The highest BCUT2D eigenvalue weighted by Gasteiger charge is 2.61. The van der Waals surface area contributed by atoms with Gasteiger partial charge in [0.15, 0.2) is 0 Å². The van der Waals surface area contributed by atoms with Crippen molar-refractivity contribution in [2.24, 2.45) is 40.4 Å². The average Bonchev–Trinajstić information content (AvgIpc) is 2.98. The first-order chi connectivity index (χ1) is 12.6. The molecule has 0 amide bonds. The molecule has 0 aromatic heterocycles. The minimum absolute atomic E-state index is 0.00281. The Hall–Kier alpha value is -0.480. The topological polar surface area (TPSA) is 40.5 Å². The van der Waals surface area contributed by atoms with Gasteiger partial charge < -0.3 is 10.2 Å². The second-order valence-electron chi connectivity index (χ2n) is 10.6. The summed E-state index contributed by atoms with van der Waals surface area (Å²) >= 11 is 0. The predicted molar refractivity (Wildman–Crippen MR) is 102 cm³/mol. The van der Waals surface area contributed by atoms with Crippen molar-refractivity contribution in [2.75, 3.05) is 6.61 Å². The molecule has 0 heterocycles. The molecule has 2 nitrogen and oxygen atoms in total. The minimum Gasteiger partial charge on any atom is -0.393 e. The Kier molecular flexibility index (Phi) is 4.78. The fourth-order valence-electron chi connectivity index (χ4n) is 7.94. The van der Waals surface area contributed by atoms with Crippen molar-refractivity contribution in [1.29, 1.82) is 0 Å². The second kappa shape index (κ2) is 6.52. The lowest BCUT2D eigenvalue weighted by Crippen LogP contribution is -2.51. The highest BCUT2D eigenvalue weighted by atomic mass is 19.3. The van der Waals surface area contributed by atoms with Crippen LogP contribution in [0.5, 0.6) is 0 Å². The lowest BCUT2D eigenvalue weighted by molar-refractivity contribution is -0.136. The highest BCUT2D eigenvalue weighted by Crippen LogP contribution is 2.67. The monoisotopic (exact) mass is 382 g/mol. The molecular weight excluding hydrogens is 346 g/mol. The maximum atomic E-state index is 14.3. The number of halogens is 2. The Balaban J connectivity index is 1.61. The summed E-state index contributed by atoms with van der Waals surface area (Å²) < 4.78 is 28.6. The zero-order valence-corrected chi connectivity index (χ0v) is 17.1. The first-order valence-corrected chi connectivity index (χ1v) is 11.0. The van der Waals surface area contributed by atoms with Crippen molar-refractivity contribution < 1.29 is 19.0 Å². The van der Waals surface area contributed by atoms with Gasteiger partial charge in [-0.25, -0.2) is 8.78 Å². The molecule has 3 saturated carbocycles. The van der Waals surface area contributed by atoms with Crippen molar-refractivity contribution in [2.45, 2.75) is 84.2 Å². The highest BCUT2D eigenvalue weighted by molar-refractivity contribution is 5.25. The van der Waals surface area contributed by atoms with Crippen molar-refractivity contribution >= 4 is 0 Å². The van der Waals surface area contributed by atoms with Gasteiger partial charge in [0.25, 0.3) is 5.92 Å². The van der Waals surface area contributed by atoms with Gasteiger partial charge in [-0.2, -0.15) is 0 Å². The summed E-state index contributed by atoms with van der Waals surface area (Å²) in [6, 6.07) is 0. The molecule has 0 radical (unpaired) electrons. The maximum absolute atomic E-state index is 14.3. The first kappa shape index (κ1) is 19.8. The Morgan fingerprint density at radius 1 is 1.15 bits per heavy atom. The number of fused-ring (bicyclic) bond motifs is 5. The molecule has 0 aliphatic heterocycles. The average molecular weight is 383 g/mol. The summed E-state index contributed by atoms with van der Waals surface area (Å²) in [5, 5.41) is 19.3. The number of hydrogen-bond acceptors (Lipinski definition) is 2. The lowest BCUT2D eigenvalue weighted by atomic mass is 9.47. The Bertz CT molecular complexity index is 617. The van der Waals surface area contributed by atoms with Crippen LogP contribution in [-0.2, 0) is 0 Å². The van der Waals surface area contributed by atoms with Crippen LogP contribution in [0, 0.1) is 40.4 Å². The van der Waals surface area contributed by atoms with Gasteiger partial charge in [0.2, 0.25) is 0 Å². The summed E-state index contributed by atoms with van der Waals surface area (Å²) in [7, 11) is 0. The second-order valence-corrected chi connectivity index (χ2v) is 10.6. The molecule has 4 aliphatic rings. The molecule has 0 bridgehead atoms. The fraction of sp³-hybridized carbons (Fsp3) is 0.913. The summed E-state index contributed by atoms with van der Waals surface area (Å²) in [6.45, 7) is 5.29. The molecule has 0 spiro atoms. The molecule has 4 aliphatic carbocycles. The van der Waals surface area contributed by atoms with Crippen LogP contribution in [0.3, 0.4) is 0 Å². The van der Waals surface area contributed by atoms with E-state index in [0.29, 0.717) is 17.8 Å². The van der Waals surface area contributed by atoms with E-state index >= 15 is 0 Å². The zero-order chi connectivity index (χ0) is 19.6. The Labute approximate surface area is 162 Å². The summed E-state index contributed by atoms with van der Waals surface area (Å²) in [5.74, 6) is -2.01. The Morgan fingerprint density at radius 3 is 2.59 bits per heavy atom. The molecule has 27 heavy (non-hydrogen) atoms. The van der Waals surface area contributed by atoms with Crippen molar-refractivity contribution in [3.05, 3.63) is 11.6 Å². The van der Waals surface area contributed by atoms with E-state index in [0.717, 1.165) is 51.4 Å². The molecule has 3 fully saturated rings. The number of rotatable bonds is 3. The number of alkyl halides is 2. The van der Waals surface area contributed by atoms with E-state index in [-0.39, 0.29) is 22.9 Å². The van der Waals surface area contributed by atoms with Gasteiger partial charge >= 0.3 is 0 Å². The summed E-state index contributed by atoms with van der Waals surface area (Å²) in [6.07, 6.45) is 10.1. The van der Waals surface area contributed by atoms with Gasteiger partial charge in [-0.15, -0.1) is 0 Å². The Morgan fingerprint density at radius 2 is 1.89 bits per heavy atom. The van der Waals surface area contributed by atoms with Gasteiger partial charge in [-0.05, 0) is 85.9 Å². The smallest absolute Gasteiger partial charge is 0.273 e. The van der Waals surface area contributed by atoms with E-state index in [1.165, 1.54) is 5.57 Å². The van der Waals surface area contributed by atoms with E-state index in [1.54, 1.807) is 6.92 Å². The lowest BCUT2D eigenvalue weighted by Gasteiger charge is -2.58. The van der Waals surface area contributed by atoms with E-state index < -0.39 is 18.4 Å². The van der Waals surface area contributed by atoms with Crippen LogP contribution >= 0.6 is 0 Å². The largest absolute Gasteiger partial charge is 0.393 e. The number of hydrogen-bond donors (Lipinski definition) is 2. The van der Waals surface area contributed by atoms with Gasteiger partial charge in [0.05, 0.1) is 6.10 Å². The van der Waals surface area contributed by atoms with E-state index in [1.807, 2.05) is 0 Å². The molecule has 0 aromatic rings. The predicted octanol–water partition coefficient (Wildman–Crippen LogP) is 5.19. The number of aliphatic hydroxyl groups excluding tert-OH is 2. The maximum Gasteiger partial charge on any atom is 0.273 e. The third kappa shape index (κ3) is 2.84. The number of allylic oxidation sites excluding steroid dienone is 1. The van der Waals surface area contributed by atoms with Crippen molar-refractivity contribution in [3.63, 3.8) is 0 Å². The van der Waals surface area contributed by atoms with E-state index in [2.05, 4.69) is 19.9 Å². The SMILES string of the molecule is CC([C@H]1CCC2C3CC=C4C[C@@H](O)CC[C@]4(C)C3CC[C@@]21C)C(F)(F)CO. The van der Waals surface area contributed by atoms with Crippen LogP contribution in [-0.4, -0.2) is 28.8 Å². The molecule has 2 N–H and O–H groups in total. The molecular formula is C23H36F2O2. The van der Waals surface area contributed by atoms with Crippen molar-refractivity contribution in [1.82, 2.24) is 0 Å². The molecule has 0 aromatic carbocycles. The molecule has 4 heteroatoms. The van der Waals surface area contributed by atoms with Crippen LogP contribution in [0.25, 0.3) is 0 Å². The van der Waals surface area contributed by atoms with Gasteiger partial charge in [-0.3, -0.25) is 0 Å². The van der Waals surface area contributed by atoms with Gasteiger partial charge in [0, 0.05) is 5.92 Å². The molecule has 8 atom stereocenters. The van der Waals surface area contributed by atoms with Gasteiger partial charge in [-0.1, -0.05) is 32.4 Å². The molecule has 4 unspecified atom stereocenters. The standard InChI is InChI=1S/C23H36F2O2/c1-14(23(24,25)13-26)18-6-7-19-17-5-4-15-12-16(27)8-10-21(15,2)20(17)9-11-22(18,19)3/h4,14,16-20,26-27H,5-13H2,1-3H3/t14?,16-,17?,18+,19?,20?,21-,22+/m0/s1. The fourth-order valence-corrected chi connectivity index (χ4v) is 7.94. The molecule has 4 rings (SSSR count). The van der Waals surface area contributed by atoms with Crippen LogP contribution < -0.4 is 0 Å². The van der Waals surface area contributed by atoms with Crippen LogP contribution in [0.1, 0.15) is 72.1 Å². The molecule has 154 valence electrons. The quantitative estimate of drug-likeness (QED) is 0.660. The van der Waals surface area contributed by atoms with Crippen LogP contribution in [0.4, 0.5) is 8.78 Å². The van der Waals surface area contributed by atoms with Crippen molar-refractivity contribution in [3.8, 4) is 0 Å². The summed E-state index contributed by atoms with van der Waals surface area (Å²) in [4.78, 5) is 0. The van der Waals surface area contributed by atoms with Crippen LogP contribution in [0.15, 0.2) is 11.6 Å².